The number of hydrogen-bond donors (Lipinski definition) is 0. The number of allylic oxidation sites excluding steroid dienone is 1. The van der Waals surface area contributed by atoms with Crippen LogP contribution in [0.1, 0.15) is 17.6 Å². The predicted octanol–water partition coefficient (Wildman–Crippen LogP) is 3.93. The molecule has 0 amide bonds. The van der Waals surface area contributed by atoms with Crippen LogP contribution in [0.25, 0.3) is 0 Å². The van der Waals surface area contributed by atoms with E-state index in [2.05, 4.69) is 6.58 Å². The van der Waals surface area contributed by atoms with Crippen LogP contribution in [-0.4, -0.2) is 0 Å². The fourth-order valence-corrected chi connectivity index (χ4v) is 0.966. The highest BCUT2D eigenvalue weighted by molar-refractivity contribution is 8.93. The van der Waals surface area contributed by atoms with E-state index in [1.54, 1.807) is 18.2 Å². The maximum absolute atomic E-state index is 12.1. The Balaban J connectivity index is 0.00000144. The smallest absolute Gasteiger partial charge is 0.205 e. The molecule has 0 saturated carbocycles. The second-order valence-corrected chi connectivity index (χ2v) is 2.54. The van der Waals surface area contributed by atoms with Gasteiger partial charge in [0, 0.05) is 5.56 Å². The van der Waals surface area contributed by atoms with E-state index in [1.807, 2.05) is 0 Å². The van der Waals surface area contributed by atoms with Crippen molar-refractivity contribution >= 4 is 17.0 Å². The van der Waals surface area contributed by atoms with Gasteiger partial charge in [-0.1, -0.05) is 30.3 Å². The molecule has 1 rings (SSSR count). The van der Waals surface area contributed by atoms with Gasteiger partial charge in [-0.05, 0) is 12.0 Å². The summed E-state index contributed by atoms with van der Waals surface area (Å²) in [5, 5.41) is 0. The van der Waals surface area contributed by atoms with Gasteiger partial charge in [-0.15, -0.1) is 23.6 Å². The van der Waals surface area contributed by atoms with Crippen LogP contribution in [0.3, 0.4) is 0 Å². The molecule has 0 spiro atoms. The van der Waals surface area contributed by atoms with Gasteiger partial charge in [0.25, 0.3) is 6.43 Å². The molecule has 0 unspecified atom stereocenters. The lowest BCUT2D eigenvalue weighted by atomic mass is 10.1. The van der Waals surface area contributed by atoms with Crippen molar-refractivity contribution < 1.29 is 8.78 Å². The van der Waals surface area contributed by atoms with E-state index in [0.29, 0.717) is 0 Å². The van der Waals surface area contributed by atoms with Crippen LogP contribution in [0.4, 0.5) is 8.78 Å². The molecule has 0 radical (unpaired) electrons. The molecular weight excluding hydrogens is 238 g/mol. The zero-order valence-corrected chi connectivity index (χ0v) is 8.76. The molecule has 1 aromatic carbocycles. The highest BCUT2D eigenvalue weighted by atomic mass is 79.9. The lowest BCUT2D eigenvalue weighted by molar-refractivity contribution is 0.151. The van der Waals surface area contributed by atoms with Crippen LogP contribution in [-0.2, 0) is 6.42 Å². The Bertz CT molecular complexity index is 254. The van der Waals surface area contributed by atoms with Gasteiger partial charge in [-0.2, -0.15) is 0 Å². The molecule has 0 aliphatic carbocycles. The first-order chi connectivity index (χ1) is 5.74. The fraction of sp³-hybridized carbons (Fsp3) is 0.200. The van der Waals surface area contributed by atoms with Gasteiger partial charge in [0.1, 0.15) is 0 Å². The molecule has 0 bridgehead atoms. The highest BCUT2D eigenvalue weighted by Gasteiger charge is 2.04. The third kappa shape index (κ3) is 3.68. The van der Waals surface area contributed by atoms with E-state index in [-0.39, 0.29) is 22.5 Å². The summed E-state index contributed by atoms with van der Waals surface area (Å²) in [6.45, 7) is 3.57. The first-order valence-electron chi connectivity index (χ1n) is 3.72. The molecule has 0 heterocycles. The number of alkyl halides is 2. The third-order valence-corrected chi connectivity index (χ3v) is 1.61. The lowest BCUT2D eigenvalue weighted by Gasteiger charge is -2.00. The maximum Gasteiger partial charge on any atom is 0.263 e. The molecule has 0 aliphatic heterocycles. The molecule has 1 aromatic rings. The quantitative estimate of drug-likeness (QED) is 0.712. The van der Waals surface area contributed by atoms with Gasteiger partial charge < -0.3 is 0 Å². The third-order valence-electron chi connectivity index (χ3n) is 1.61. The Hall–Kier alpha value is -0.700. The zero-order valence-electron chi connectivity index (χ0n) is 7.04. The van der Waals surface area contributed by atoms with Crippen molar-refractivity contribution in [2.45, 2.75) is 12.8 Å². The molecule has 0 atom stereocenters. The van der Waals surface area contributed by atoms with E-state index in [9.17, 15) is 8.78 Å². The Morgan fingerprint density at radius 2 is 1.77 bits per heavy atom. The van der Waals surface area contributed by atoms with Crippen LogP contribution < -0.4 is 0 Å². The Kier molecular flexibility index (Phi) is 5.55. The minimum atomic E-state index is -2.37. The van der Waals surface area contributed by atoms with Crippen molar-refractivity contribution in [1.29, 1.82) is 0 Å². The standard InChI is InChI=1S/C10H10F2.BrH/c1-2-3-8-4-6-9(7-5-8)10(11)12;/h2,4-7,10H,1,3H2;1H. The summed E-state index contributed by atoms with van der Waals surface area (Å²) in [6.07, 6.45) is 0.101. The minimum absolute atomic E-state index is 0. The second-order valence-electron chi connectivity index (χ2n) is 2.54. The van der Waals surface area contributed by atoms with E-state index in [4.69, 9.17) is 0 Å². The predicted molar refractivity (Wildman–Crippen MR) is 55.6 cm³/mol. The summed E-state index contributed by atoms with van der Waals surface area (Å²) in [5.74, 6) is 0. The van der Waals surface area contributed by atoms with E-state index >= 15 is 0 Å². The molecule has 0 saturated heterocycles. The Morgan fingerprint density at radius 3 is 2.15 bits per heavy atom. The molecule has 0 aliphatic rings. The Labute approximate surface area is 87.0 Å². The van der Waals surface area contributed by atoms with Gasteiger partial charge in [0.2, 0.25) is 0 Å². The normalized spacial score (nSPS) is 9.46. The molecular formula is C10H11BrF2. The van der Waals surface area contributed by atoms with Crippen molar-refractivity contribution in [3.05, 3.63) is 48.0 Å². The van der Waals surface area contributed by atoms with Crippen molar-refractivity contribution in [2.24, 2.45) is 0 Å². The molecule has 3 heteroatoms. The summed E-state index contributed by atoms with van der Waals surface area (Å²) >= 11 is 0. The van der Waals surface area contributed by atoms with Crippen LogP contribution in [0.15, 0.2) is 36.9 Å². The van der Waals surface area contributed by atoms with E-state index in [1.165, 1.54) is 12.1 Å². The fourth-order valence-electron chi connectivity index (χ4n) is 0.966. The highest BCUT2D eigenvalue weighted by Crippen LogP contribution is 2.18. The molecule has 0 fully saturated rings. The van der Waals surface area contributed by atoms with E-state index in [0.717, 1.165) is 12.0 Å². The van der Waals surface area contributed by atoms with Crippen LogP contribution in [0.2, 0.25) is 0 Å². The van der Waals surface area contributed by atoms with Gasteiger partial charge in [-0.25, -0.2) is 8.78 Å². The number of rotatable bonds is 3. The summed E-state index contributed by atoms with van der Waals surface area (Å²) < 4.78 is 24.1. The van der Waals surface area contributed by atoms with Crippen molar-refractivity contribution in [2.75, 3.05) is 0 Å². The SMILES string of the molecule is Br.C=CCc1ccc(C(F)F)cc1. The summed E-state index contributed by atoms with van der Waals surface area (Å²) in [6, 6.07) is 6.29. The minimum Gasteiger partial charge on any atom is -0.205 e. The number of benzene rings is 1. The van der Waals surface area contributed by atoms with Crippen LogP contribution >= 0.6 is 17.0 Å². The monoisotopic (exact) mass is 248 g/mol. The largest absolute Gasteiger partial charge is 0.263 e. The summed E-state index contributed by atoms with van der Waals surface area (Å²) in [5.41, 5.74) is 1.08. The number of halogens is 3. The second kappa shape index (κ2) is 5.86. The van der Waals surface area contributed by atoms with Crippen molar-refractivity contribution in [3.8, 4) is 0 Å². The maximum atomic E-state index is 12.1. The zero-order chi connectivity index (χ0) is 8.97. The topological polar surface area (TPSA) is 0 Å². The molecule has 13 heavy (non-hydrogen) atoms. The lowest BCUT2D eigenvalue weighted by Crippen LogP contribution is -1.85. The van der Waals surface area contributed by atoms with Gasteiger partial charge >= 0.3 is 0 Å². The first-order valence-corrected chi connectivity index (χ1v) is 3.72. The number of hydrogen-bond acceptors (Lipinski definition) is 0. The average Bonchev–Trinajstić information content (AvgIpc) is 2.06. The van der Waals surface area contributed by atoms with Crippen molar-refractivity contribution in [1.82, 2.24) is 0 Å². The van der Waals surface area contributed by atoms with E-state index < -0.39 is 6.43 Å². The van der Waals surface area contributed by atoms with Crippen LogP contribution in [0.5, 0.6) is 0 Å². The Morgan fingerprint density at radius 1 is 1.23 bits per heavy atom. The van der Waals surface area contributed by atoms with Crippen LogP contribution in [0, 0.1) is 0 Å². The van der Waals surface area contributed by atoms with Gasteiger partial charge in [0.05, 0.1) is 0 Å². The molecule has 0 N–H and O–H groups in total. The molecule has 0 nitrogen and oxygen atoms in total. The molecule has 72 valence electrons. The summed E-state index contributed by atoms with van der Waals surface area (Å²) in [7, 11) is 0. The van der Waals surface area contributed by atoms with Gasteiger partial charge in [0.15, 0.2) is 0 Å². The average molecular weight is 249 g/mol. The van der Waals surface area contributed by atoms with Crippen molar-refractivity contribution in [3.63, 3.8) is 0 Å². The summed E-state index contributed by atoms with van der Waals surface area (Å²) in [4.78, 5) is 0. The first kappa shape index (κ1) is 12.3. The van der Waals surface area contributed by atoms with Gasteiger partial charge in [-0.3, -0.25) is 0 Å². The molecule has 0 aromatic heterocycles.